The molecule has 214 valence electrons. The second-order valence-electron chi connectivity index (χ2n) is 9.16. The Labute approximate surface area is 235 Å². The summed E-state index contributed by atoms with van der Waals surface area (Å²) in [4.78, 5) is 10.8. The van der Waals surface area contributed by atoms with Gasteiger partial charge < -0.3 is 9.15 Å². The number of hydrogen-bond donors (Lipinski definition) is 1. The minimum Gasteiger partial charge on any atom is -0.486 e. The Morgan fingerprint density at radius 1 is 1.17 bits per heavy atom. The van der Waals surface area contributed by atoms with Gasteiger partial charge in [0, 0.05) is 5.56 Å². The number of benzene rings is 3. The molecule has 0 amide bonds. The van der Waals surface area contributed by atoms with Crippen molar-refractivity contribution in [3.63, 3.8) is 0 Å². The van der Waals surface area contributed by atoms with E-state index in [0.717, 1.165) is 22.5 Å². The number of aromatic nitrogens is 2. The number of rotatable bonds is 6. The van der Waals surface area contributed by atoms with Crippen LogP contribution in [0.3, 0.4) is 0 Å². The molecular weight excluding hydrogens is 590 g/mol. The average Bonchev–Trinajstić information content (AvgIpc) is 3.32. The summed E-state index contributed by atoms with van der Waals surface area (Å²) in [5.41, 5.74) is -0.0231. The van der Waals surface area contributed by atoms with Crippen molar-refractivity contribution < 1.29 is 35.1 Å². The van der Waals surface area contributed by atoms with Crippen molar-refractivity contribution in [3.05, 3.63) is 105 Å². The summed E-state index contributed by atoms with van der Waals surface area (Å²) in [7, 11) is -4.56. The molecule has 0 saturated heterocycles. The van der Waals surface area contributed by atoms with Gasteiger partial charge in [-0.2, -0.15) is 13.2 Å². The first kappa shape index (κ1) is 28.4. The van der Waals surface area contributed by atoms with Gasteiger partial charge in [-0.05, 0) is 60.5 Å². The fourth-order valence-corrected chi connectivity index (χ4v) is 6.31. The van der Waals surface area contributed by atoms with Crippen molar-refractivity contribution in [3.8, 4) is 5.75 Å². The number of hydrogen-bond acceptors (Lipinski definition) is 6. The first-order valence-electron chi connectivity index (χ1n) is 12.0. The van der Waals surface area contributed by atoms with Gasteiger partial charge in [0.05, 0.1) is 34.1 Å². The van der Waals surface area contributed by atoms with Gasteiger partial charge in [-0.1, -0.05) is 35.9 Å². The summed E-state index contributed by atoms with van der Waals surface area (Å²) >= 11 is 6.18. The summed E-state index contributed by atoms with van der Waals surface area (Å²) < 4.78 is 94.1. The lowest BCUT2D eigenvalue weighted by Crippen LogP contribution is -2.44. The van der Waals surface area contributed by atoms with E-state index in [2.05, 4.69) is 10.2 Å². The number of aromatic amines is 1. The largest absolute Gasteiger partial charge is 0.486 e. The molecule has 0 radical (unpaired) electrons. The minimum absolute atomic E-state index is 0.0446. The number of sulfonamides is 1. The van der Waals surface area contributed by atoms with Crippen molar-refractivity contribution >= 4 is 39.0 Å². The number of fused-ring (bicyclic) bond motifs is 1. The maximum atomic E-state index is 14.5. The lowest BCUT2D eigenvalue weighted by atomic mass is 10.0. The number of ether oxygens (including phenoxy) is 1. The van der Waals surface area contributed by atoms with E-state index in [-0.39, 0.29) is 40.9 Å². The third kappa shape index (κ3) is 5.86. The summed E-state index contributed by atoms with van der Waals surface area (Å²) in [5.74, 6) is -1.30. The maximum Gasteiger partial charge on any atom is 0.434 e. The van der Waals surface area contributed by atoms with E-state index < -0.39 is 44.3 Å². The molecule has 1 aromatic heterocycles. The van der Waals surface area contributed by atoms with Gasteiger partial charge in [0.2, 0.25) is 5.89 Å². The number of nitrogens with zero attached hydrogens (tertiary/aromatic N) is 2. The van der Waals surface area contributed by atoms with E-state index in [1.54, 1.807) is 19.1 Å². The molecule has 1 N–H and O–H groups in total. The predicted molar refractivity (Wildman–Crippen MR) is 143 cm³/mol. The second-order valence-corrected chi connectivity index (χ2v) is 11.4. The molecule has 0 saturated carbocycles. The SMILES string of the molecule is C/C(=C\c1ccc2c(c1)N(S(=O)(=O)c1cccc(C(F)(F)F)c1)C[C@H](Cc1n[nH]c(=O)o1)O2)c1c(F)cccc1Cl. The molecule has 1 aliphatic rings. The van der Waals surface area contributed by atoms with Crippen molar-refractivity contribution in [1.29, 1.82) is 0 Å². The molecule has 0 aliphatic carbocycles. The number of nitrogens with one attached hydrogen (secondary N) is 1. The lowest BCUT2D eigenvalue weighted by molar-refractivity contribution is -0.137. The maximum absolute atomic E-state index is 14.5. The molecular formula is C27H20ClF4N3O5S. The van der Waals surface area contributed by atoms with Crippen LogP contribution < -0.4 is 14.8 Å². The van der Waals surface area contributed by atoms with Gasteiger partial charge in [-0.3, -0.25) is 4.31 Å². The molecule has 0 fully saturated rings. The second kappa shape index (κ2) is 10.7. The van der Waals surface area contributed by atoms with Crippen molar-refractivity contribution in [2.24, 2.45) is 0 Å². The Hall–Kier alpha value is -4.10. The molecule has 4 aromatic rings. The van der Waals surface area contributed by atoms with Crippen LogP contribution in [-0.4, -0.2) is 31.3 Å². The van der Waals surface area contributed by atoms with Crippen LogP contribution in [0.1, 0.15) is 29.5 Å². The van der Waals surface area contributed by atoms with E-state index >= 15 is 0 Å². The Kier molecular flexibility index (Phi) is 7.43. The minimum atomic E-state index is -4.77. The molecule has 1 aliphatic heterocycles. The summed E-state index contributed by atoms with van der Waals surface area (Å²) in [5, 5.41) is 6.00. The van der Waals surface area contributed by atoms with Crippen LogP contribution in [0, 0.1) is 5.82 Å². The highest BCUT2D eigenvalue weighted by Gasteiger charge is 2.37. The molecule has 1 atom stereocenters. The van der Waals surface area contributed by atoms with E-state index in [1.807, 2.05) is 0 Å². The summed E-state index contributed by atoms with van der Waals surface area (Å²) in [6.45, 7) is 1.29. The number of allylic oxidation sites excluding steroid dienone is 1. The number of anilines is 1. The van der Waals surface area contributed by atoms with Crippen LogP contribution in [-0.2, 0) is 22.6 Å². The third-order valence-corrected chi connectivity index (χ3v) is 8.38. The number of halogens is 5. The van der Waals surface area contributed by atoms with Crippen LogP contribution in [0.2, 0.25) is 5.02 Å². The quantitative estimate of drug-likeness (QED) is 0.214. The van der Waals surface area contributed by atoms with Crippen molar-refractivity contribution in [1.82, 2.24) is 10.2 Å². The predicted octanol–water partition coefficient (Wildman–Crippen LogP) is 5.93. The van der Waals surface area contributed by atoms with Crippen LogP contribution in [0.25, 0.3) is 11.6 Å². The molecule has 5 rings (SSSR count). The molecule has 2 heterocycles. The van der Waals surface area contributed by atoms with E-state index in [1.165, 1.54) is 30.3 Å². The van der Waals surface area contributed by atoms with Crippen LogP contribution in [0.5, 0.6) is 5.75 Å². The summed E-state index contributed by atoms with van der Waals surface area (Å²) in [6.07, 6.45) is -4.20. The molecule has 41 heavy (non-hydrogen) atoms. The lowest BCUT2D eigenvalue weighted by Gasteiger charge is -2.35. The third-order valence-electron chi connectivity index (χ3n) is 6.29. The zero-order chi connectivity index (χ0) is 29.5. The molecule has 0 unspecified atom stereocenters. The van der Waals surface area contributed by atoms with Gasteiger partial charge in [0.15, 0.2) is 0 Å². The zero-order valence-electron chi connectivity index (χ0n) is 21.1. The van der Waals surface area contributed by atoms with E-state index in [4.69, 9.17) is 20.8 Å². The Balaban J connectivity index is 1.59. The molecule has 0 bridgehead atoms. The first-order chi connectivity index (χ1) is 19.3. The Morgan fingerprint density at radius 3 is 2.61 bits per heavy atom. The van der Waals surface area contributed by atoms with Gasteiger partial charge in [-0.25, -0.2) is 22.7 Å². The van der Waals surface area contributed by atoms with Crippen LogP contribution >= 0.6 is 11.6 Å². The molecule has 3 aromatic carbocycles. The van der Waals surface area contributed by atoms with Crippen molar-refractivity contribution in [2.75, 3.05) is 10.8 Å². The number of alkyl halides is 3. The monoisotopic (exact) mass is 609 g/mol. The van der Waals surface area contributed by atoms with E-state index in [0.29, 0.717) is 17.2 Å². The van der Waals surface area contributed by atoms with Crippen LogP contribution in [0.4, 0.5) is 23.2 Å². The summed E-state index contributed by atoms with van der Waals surface area (Å²) in [6, 6.07) is 12.2. The molecule has 8 nitrogen and oxygen atoms in total. The first-order valence-corrected chi connectivity index (χ1v) is 13.8. The normalized spacial score (nSPS) is 15.9. The van der Waals surface area contributed by atoms with Crippen LogP contribution in [0.15, 0.2) is 74.8 Å². The standard InChI is InChI=1S/C27H20ClF4N3O5S/c1-15(25-20(28)6-3-7-21(25)29)10-16-8-9-23-22(11-16)35(14-18(39-23)13-24-33-34-26(36)40-24)41(37,38)19-5-2-4-17(12-19)27(30,31)32/h2-12,18H,13-14H2,1H3,(H,34,36)/b15-10+/t18-/m0/s1. The molecule has 0 spiro atoms. The fraction of sp³-hybridized carbons (Fsp3) is 0.185. The Bertz CT molecular complexity index is 1800. The zero-order valence-corrected chi connectivity index (χ0v) is 22.6. The van der Waals surface area contributed by atoms with Gasteiger partial charge >= 0.3 is 11.9 Å². The fourth-order valence-electron chi connectivity index (χ4n) is 4.45. The average molecular weight is 610 g/mol. The van der Waals surface area contributed by atoms with Gasteiger partial charge in [0.1, 0.15) is 17.7 Å². The highest BCUT2D eigenvalue weighted by atomic mass is 35.5. The topological polar surface area (TPSA) is 106 Å². The smallest absolute Gasteiger partial charge is 0.434 e. The molecule has 14 heteroatoms. The Morgan fingerprint density at radius 2 is 1.93 bits per heavy atom. The highest BCUT2D eigenvalue weighted by Crippen LogP contribution is 2.40. The van der Waals surface area contributed by atoms with Crippen molar-refractivity contribution in [2.45, 2.75) is 30.5 Å². The van der Waals surface area contributed by atoms with Gasteiger partial charge in [-0.15, -0.1) is 5.10 Å². The number of H-pyrrole nitrogens is 1. The highest BCUT2D eigenvalue weighted by molar-refractivity contribution is 7.92. The van der Waals surface area contributed by atoms with E-state index in [9.17, 15) is 30.8 Å². The van der Waals surface area contributed by atoms with Gasteiger partial charge in [0.25, 0.3) is 10.0 Å².